The number of aryl methyl sites for hydroxylation is 1. The molecule has 0 unspecified atom stereocenters. The number of carbonyl (C=O) groups excluding carboxylic acids is 1. The Morgan fingerprint density at radius 1 is 1.14 bits per heavy atom. The van der Waals surface area contributed by atoms with Gasteiger partial charge in [-0.25, -0.2) is 4.98 Å². The monoisotopic (exact) mass is 650 g/mol. The summed E-state index contributed by atoms with van der Waals surface area (Å²) in [6.45, 7) is 1.66. The standard InChI is InChI=1S/C25H18Br2Cl2N4O3/c1-2-22-32-21-8-3-15(26)11-18(21)25(35)33(22)30-12-14-9-19(27)24(20(29)10-14)36-13-23(34)31-17-6-4-16(28)5-7-17/h3-12H,2,13H2,1H3,(H,31,34). The second-order valence-corrected chi connectivity index (χ2v) is 10.2. The number of hydrogen-bond donors (Lipinski definition) is 1. The summed E-state index contributed by atoms with van der Waals surface area (Å²) in [6.07, 6.45) is 2.04. The van der Waals surface area contributed by atoms with Crippen molar-refractivity contribution < 1.29 is 9.53 Å². The van der Waals surface area contributed by atoms with E-state index in [4.69, 9.17) is 27.9 Å². The van der Waals surface area contributed by atoms with Crippen LogP contribution in [0.1, 0.15) is 18.3 Å². The van der Waals surface area contributed by atoms with Gasteiger partial charge >= 0.3 is 0 Å². The smallest absolute Gasteiger partial charge is 0.282 e. The van der Waals surface area contributed by atoms with Gasteiger partial charge in [-0.3, -0.25) is 9.59 Å². The Balaban J connectivity index is 1.52. The van der Waals surface area contributed by atoms with Crippen LogP contribution >= 0.6 is 55.1 Å². The van der Waals surface area contributed by atoms with Crippen molar-refractivity contribution >= 4 is 83.8 Å². The fourth-order valence-corrected chi connectivity index (χ4v) is 4.80. The van der Waals surface area contributed by atoms with Crippen LogP contribution in [0.15, 0.2) is 73.4 Å². The van der Waals surface area contributed by atoms with Crippen molar-refractivity contribution in [1.29, 1.82) is 0 Å². The summed E-state index contributed by atoms with van der Waals surface area (Å²) in [6, 6.07) is 15.4. The first-order chi connectivity index (χ1) is 17.2. The zero-order valence-electron chi connectivity index (χ0n) is 18.8. The summed E-state index contributed by atoms with van der Waals surface area (Å²) < 4.78 is 8.21. The summed E-state index contributed by atoms with van der Waals surface area (Å²) >= 11 is 19.1. The molecule has 184 valence electrons. The third-order valence-corrected chi connectivity index (χ3v) is 6.63. The van der Waals surface area contributed by atoms with E-state index < -0.39 is 0 Å². The van der Waals surface area contributed by atoms with Gasteiger partial charge in [0.25, 0.3) is 11.5 Å². The second kappa shape index (κ2) is 11.6. The van der Waals surface area contributed by atoms with Crippen molar-refractivity contribution in [3.8, 4) is 5.75 Å². The van der Waals surface area contributed by atoms with E-state index in [9.17, 15) is 9.59 Å². The van der Waals surface area contributed by atoms with Crippen LogP contribution in [0.25, 0.3) is 10.9 Å². The van der Waals surface area contributed by atoms with Crippen LogP contribution in [0.3, 0.4) is 0 Å². The van der Waals surface area contributed by atoms with Gasteiger partial charge < -0.3 is 10.1 Å². The predicted octanol–water partition coefficient (Wildman–Crippen LogP) is 6.69. The van der Waals surface area contributed by atoms with Crippen molar-refractivity contribution in [1.82, 2.24) is 9.66 Å². The van der Waals surface area contributed by atoms with Crippen molar-refractivity contribution in [3.05, 3.63) is 95.3 Å². The molecule has 36 heavy (non-hydrogen) atoms. The molecule has 0 bridgehead atoms. The van der Waals surface area contributed by atoms with Crippen molar-refractivity contribution in [2.75, 3.05) is 11.9 Å². The van der Waals surface area contributed by atoms with Gasteiger partial charge in [-0.15, -0.1) is 0 Å². The third-order valence-electron chi connectivity index (χ3n) is 5.01. The average molecular weight is 653 g/mol. The quantitative estimate of drug-likeness (QED) is 0.226. The van der Waals surface area contributed by atoms with Gasteiger partial charge in [0.05, 0.1) is 26.6 Å². The van der Waals surface area contributed by atoms with Crippen molar-refractivity contribution in [2.24, 2.45) is 5.10 Å². The lowest BCUT2D eigenvalue weighted by Crippen LogP contribution is -2.22. The van der Waals surface area contributed by atoms with Crippen LogP contribution < -0.4 is 15.6 Å². The molecular formula is C25H18Br2Cl2N4O3. The number of benzene rings is 3. The lowest BCUT2D eigenvalue weighted by atomic mass is 10.2. The Bertz CT molecular complexity index is 1520. The average Bonchev–Trinajstić information content (AvgIpc) is 2.84. The molecule has 1 heterocycles. The zero-order valence-corrected chi connectivity index (χ0v) is 23.4. The fraction of sp³-hybridized carbons (Fsp3) is 0.120. The van der Waals surface area contributed by atoms with Crippen LogP contribution in [-0.4, -0.2) is 28.4 Å². The van der Waals surface area contributed by atoms with Crippen molar-refractivity contribution in [2.45, 2.75) is 13.3 Å². The molecule has 0 saturated heterocycles. The fourth-order valence-electron chi connectivity index (χ4n) is 3.33. The van der Waals surface area contributed by atoms with Gasteiger partial charge in [-0.05, 0) is 76.1 Å². The van der Waals surface area contributed by atoms with E-state index in [0.29, 0.717) is 49.6 Å². The summed E-state index contributed by atoms with van der Waals surface area (Å²) in [5.41, 5.74) is 1.56. The maximum atomic E-state index is 13.1. The first-order valence-corrected chi connectivity index (χ1v) is 13.0. The number of aromatic nitrogens is 2. The van der Waals surface area contributed by atoms with Crippen molar-refractivity contribution in [3.63, 3.8) is 0 Å². The molecule has 0 fully saturated rings. The topological polar surface area (TPSA) is 85.6 Å². The SMILES string of the molecule is CCc1nc2ccc(Br)cc2c(=O)n1N=Cc1cc(Cl)c(OCC(=O)Nc2ccc(Cl)cc2)c(Br)c1. The molecular weight excluding hydrogens is 635 g/mol. The largest absolute Gasteiger partial charge is 0.481 e. The van der Waals surface area contributed by atoms with E-state index in [1.165, 1.54) is 10.9 Å². The Kier molecular flexibility index (Phi) is 8.46. The molecule has 1 amide bonds. The van der Waals surface area contributed by atoms with E-state index in [-0.39, 0.29) is 23.1 Å². The number of anilines is 1. The van der Waals surface area contributed by atoms with Crippen LogP contribution in [-0.2, 0) is 11.2 Å². The number of hydrogen-bond acceptors (Lipinski definition) is 5. The van der Waals surface area contributed by atoms with Gasteiger partial charge in [0.15, 0.2) is 12.4 Å². The third kappa shape index (κ3) is 6.15. The number of halogens is 4. The summed E-state index contributed by atoms with van der Waals surface area (Å²) in [5.74, 6) is 0.486. The van der Waals surface area contributed by atoms with Gasteiger partial charge in [0.2, 0.25) is 0 Å². The molecule has 0 aliphatic carbocycles. The van der Waals surface area contributed by atoms with Gasteiger partial charge in [0, 0.05) is 21.6 Å². The Morgan fingerprint density at radius 3 is 2.58 bits per heavy atom. The highest BCUT2D eigenvalue weighted by molar-refractivity contribution is 9.10. The molecule has 0 aliphatic heterocycles. The van der Waals surface area contributed by atoms with Gasteiger partial charge in [-0.1, -0.05) is 46.1 Å². The molecule has 0 aliphatic rings. The minimum absolute atomic E-state index is 0.248. The Morgan fingerprint density at radius 2 is 1.89 bits per heavy atom. The number of nitrogens with zero attached hydrogens (tertiary/aromatic N) is 3. The van der Waals surface area contributed by atoms with Crippen LogP contribution in [0, 0.1) is 0 Å². The maximum absolute atomic E-state index is 13.1. The predicted molar refractivity (Wildman–Crippen MR) is 151 cm³/mol. The van der Waals surface area contributed by atoms with E-state index in [0.717, 1.165) is 4.47 Å². The minimum atomic E-state index is -0.354. The van der Waals surface area contributed by atoms with Crippen LogP contribution in [0.2, 0.25) is 10.0 Å². The summed E-state index contributed by atoms with van der Waals surface area (Å²) in [5, 5.41) is 8.39. The Hall–Kier alpha value is -2.72. The van der Waals surface area contributed by atoms with Gasteiger partial charge in [-0.2, -0.15) is 9.78 Å². The normalized spacial score (nSPS) is 11.2. The summed E-state index contributed by atoms with van der Waals surface area (Å²) in [7, 11) is 0. The highest BCUT2D eigenvalue weighted by atomic mass is 79.9. The minimum Gasteiger partial charge on any atom is -0.481 e. The molecule has 1 aromatic heterocycles. The first-order valence-electron chi connectivity index (χ1n) is 10.7. The number of rotatable bonds is 7. The molecule has 0 saturated carbocycles. The lowest BCUT2D eigenvalue weighted by molar-refractivity contribution is -0.118. The molecule has 3 aromatic carbocycles. The first kappa shape index (κ1) is 26.3. The van der Waals surface area contributed by atoms with Crippen LogP contribution in [0.5, 0.6) is 5.75 Å². The summed E-state index contributed by atoms with van der Waals surface area (Å²) in [4.78, 5) is 29.9. The number of amides is 1. The molecule has 4 rings (SSSR count). The molecule has 0 atom stereocenters. The van der Waals surface area contributed by atoms with Gasteiger partial charge in [0.1, 0.15) is 5.82 Å². The highest BCUT2D eigenvalue weighted by Gasteiger charge is 2.13. The number of carbonyl (C=O) groups is 1. The molecule has 0 spiro atoms. The molecule has 11 heteroatoms. The van der Waals surface area contributed by atoms with E-state index in [1.54, 1.807) is 48.5 Å². The number of fused-ring (bicyclic) bond motifs is 1. The highest BCUT2D eigenvalue weighted by Crippen LogP contribution is 2.34. The molecule has 7 nitrogen and oxygen atoms in total. The zero-order chi connectivity index (χ0) is 25.8. The maximum Gasteiger partial charge on any atom is 0.282 e. The lowest BCUT2D eigenvalue weighted by Gasteiger charge is -2.12. The van der Waals surface area contributed by atoms with E-state index >= 15 is 0 Å². The second-order valence-electron chi connectivity index (χ2n) is 7.56. The molecule has 1 N–H and O–H groups in total. The molecule has 4 aromatic rings. The molecule has 0 radical (unpaired) electrons. The Labute approximate surface area is 233 Å². The number of ether oxygens (including phenoxy) is 1. The van der Waals surface area contributed by atoms with Crippen LogP contribution in [0.4, 0.5) is 5.69 Å². The van der Waals surface area contributed by atoms with E-state index in [2.05, 4.69) is 47.3 Å². The number of nitrogens with one attached hydrogen (secondary N) is 1. The van der Waals surface area contributed by atoms with E-state index in [1.807, 2.05) is 13.0 Å².